The molecule has 8 heteroatoms. The van der Waals surface area contributed by atoms with E-state index in [0.717, 1.165) is 6.42 Å². The number of halogens is 2. The van der Waals surface area contributed by atoms with Crippen LogP contribution in [0.25, 0.3) is 0 Å². The van der Waals surface area contributed by atoms with E-state index in [9.17, 15) is 0 Å². The Morgan fingerprint density at radius 3 is 1.03 bits per heavy atom. The van der Waals surface area contributed by atoms with Crippen molar-refractivity contribution in [1.82, 2.24) is 0 Å². The van der Waals surface area contributed by atoms with E-state index in [1.807, 2.05) is 0 Å². The summed E-state index contributed by atoms with van der Waals surface area (Å²) in [4.78, 5) is 0. The van der Waals surface area contributed by atoms with Gasteiger partial charge >= 0.3 is 243 Å². The molecule has 0 aliphatic heterocycles. The van der Waals surface area contributed by atoms with Gasteiger partial charge in [-0.2, -0.15) is 0 Å². The SMILES string of the molecule is CCC[CH2][Sn]([Br])([CH2]CCC)[O][C@@H](C)[C@H](C)OCCCO[C@@H](C)[C@H](C)[O][Sn]([Br])([CH2]CCC)[CH2]CCC. The molecule has 4 atom stereocenters. The summed E-state index contributed by atoms with van der Waals surface area (Å²) in [5.41, 5.74) is 0. The van der Waals surface area contributed by atoms with Gasteiger partial charge in [0.25, 0.3) is 0 Å². The Morgan fingerprint density at radius 1 is 0.486 bits per heavy atom. The molecule has 0 aliphatic rings. The van der Waals surface area contributed by atoms with Crippen LogP contribution < -0.4 is 0 Å². The van der Waals surface area contributed by atoms with Crippen LogP contribution in [0.3, 0.4) is 0 Å². The predicted molar refractivity (Wildman–Crippen MR) is 165 cm³/mol. The molecule has 0 spiro atoms. The van der Waals surface area contributed by atoms with Gasteiger partial charge in [-0.3, -0.25) is 0 Å². The second-order valence-electron chi connectivity index (χ2n) is 10.3. The number of rotatable bonds is 24. The van der Waals surface area contributed by atoms with Crippen LogP contribution in [-0.2, 0) is 15.6 Å². The Balaban J connectivity index is 4.40. The third-order valence-electron chi connectivity index (χ3n) is 6.78. The van der Waals surface area contributed by atoms with Gasteiger partial charge in [0.15, 0.2) is 0 Å². The summed E-state index contributed by atoms with van der Waals surface area (Å²) >= 11 is 2.92. The van der Waals surface area contributed by atoms with Crippen molar-refractivity contribution in [3.63, 3.8) is 0 Å². The minimum absolute atomic E-state index is 0.103. The average Bonchev–Trinajstić information content (AvgIpc) is 2.83. The van der Waals surface area contributed by atoms with Crippen LogP contribution in [0.5, 0.6) is 0 Å². The molecular formula is C27H58Br2O4Sn2. The Kier molecular flexibility index (Phi) is 23.6. The van der Waals surface area contributed by atoms with Crippen LogP contribution >= 0.6 is 25.4 Å². The standard InChI is InChI=1S/C11H22O4.4C4H9.2BrH.2Sn/c1-8(12)10(3)14-6-5-7-15-11(4)9(2)13;4*1-3-4-2;;;;/h8-11H,5-7H2,1-4H3;4*1,3-4H2,2H3;2*1H;;/q-2;;;;;;;2*+2/p-2/t8-,9-,10-,11-;;;;;;;;/m0......../s1. The third kappa shape index (κ3) is 18.4. The number of ether oxygens (including phenoxy) is 2. The van der Waals surface area contributed by atoms with Gasteiger partial charge in [0.2, 0.25) is 0 Å². The first-order valence-corrected chi connectivity index (χ1v) is 37.7. The van der Waals surface area contributed by atoms with E-state index < -0.39 is 33.1 Å². The molecule has 4 nitrogen and oxygen atoms in total. The first kappa shape index (κ1) is 37.4. The number of hydrogen-bond acceptors (Lipinski definition) is 4. The Labute approximate surface area is 240 Å². The van der Waals surface area contributed by atoms with E-state index in [2.05, 4.69) is 80.8 Å². The molecule has 0 radical (unpaired) electrons. The van der Waals surface area contributed by atoms with E-state index in [0.29, 0.717) is 13.2 Å². The van der Waals surface area contributed by atoms with Gasteiger partial charge in [-0.1, -0.05) is 0 Å². The summed E-state index contributed by atoms with van der Waals surface area (Å²) in [6.45, 7) is 19.1. The second-order valence-corrected chi connectivity index (χ2v) is 46.9. The van der Waals surface area contributed by atoms with Crippen molar-refractivity contribution in [1.29, 1.82) is 0 Å². The normalized spacial score (nSPS) is 16.3. The fourth-order valence-corrected chi connectivity index (χ4v) is 33.2. The molecule has 0 rings (SSSR count). The maximum atomic E-state index is 6.69. The molecule has 0 amide bonds. The van der Waals surface area contributed by atoms with Crippen molar-refractivity contribution < 1.29 is 15.6 Å². The minimum atomic E-state index is -2.67. The molecule has 0 aromatic heterocycles. The van der Waals surface area contributed by atoms with Crippen molar-refractivity contribution in [2.24, 2.45) is 0 Å². The van der Waals surface area contributed by atoms with Crippen LogP contribution in [0.4, 0.5) is 0 Å². The zero-order chi connectivity index (χ0) is 26.7. The second kappa shape index (κ2) is 22.1. The van der Waals surface area contributed by atoms with Crippen molar-refractivity contribution >= 4 is 58.5 Å². The molecule has 0 aliphatic carbocycles. The van der Waals surface area contributed by atoms with Gasteiger partial charge < -0.3 is 0 Å². The fraction of sp³-hybridized carbons (Fsp3) is 1.00. The molecule has 0 fully saturated rings. The van der Waals surface area contributed by atoms with Gasteiger partial charge in [0.05, 0.1) is 0 Å². The van der Waals surface area contributed by atoms with Crippen molar-refractivity contribution in [3.8, 4) is 0 Å². The van der Waals surface area contributed by atoms with Crippen LogP contribution in [0, 0.1) is 0 Å². The van der Waals surface area contributed by atoms with Gasteiger partial charge in [-0.05, 0) is 0 Å². The zero-order valence-corrected chi connectivity index (χ0v) is 33.2. The van der Waals surface area contributed by atoms with Gasteiger partial charge in [-0.15, -0.1) is 0 Å². The van der Waals surface area contributed by atoms with Crippen LogP contribution in [-0.4, -0.2) is 70.8 Å². The summed E-state index contributed by atoms with van der Waals surface area (Å²) in [5.74, 6) is 0. The quantitative estimate of drug-likeness (QED) is 0.0717. The van der Waals surface area contributed by atoms with Crippen LogP contribution in [0.15, 0.2) is 0 Å². The van der Waals surface area contributed by atoms with Gasteiger partial charge in [0, 0.05) is 0 Å². The monoisotopic (exact) mass is 844 g/mol. The third-order valence-corrected chi connectivity index (χ3v) is 37.0. The fourth-order valence-electron chi connectivity index (χ4n) is 3.98. The first-order chi connectivity index (χ1) is 16.6. The molecule has 0 saturated heterocycles. The van der Waals surface area contributed by atoms with Gasteiger partial charge in [-0.25, -0.2) is 0 Å². The molecule has 0 bridgehead atoms. The zero-order valence-electron chi connectivity index (χ0n) is 24.3. The molecule has 0 saturated carbocycles. The van der Waals surface area contributed by atoms with E-state index in [4.69, 9.17) is 15.6 Å². The van der Waals surface area contributed by atoms with Crippen molar-refractivity contribution in [3.05, 3.63) is 0 Å². The molecule has 35 heavy (non-hydrogen) atoms. The first-order valence-electron chi connectivity index (χ1n) is 14.5. The number of hydrogen-bond donors (Lipinski definition) is 0. The van der Waals surface area contributed by atoms with E-state index in [1.54, 1.807) is 0 Å². The summed E-state index contributed by atoms with van der Waals surface area (Å²) < 4.78 is 30.7. The molecule has 0 aromatic rings. The Hall–Kier alpha value is 2.40. The van der Waals surface area contributed by atoms with Crippen LogP contribution in [0.2, 0.25) is 17.7 Å². The summed E-state index contributed by atoms with van der Waals surface area (Å²) in [6, 6.07) is 0. The summed E-state index contributed by atoms with van der Waals surface area (Å²) in [6.07, 6.45) is 11.4. The summed E-state index contributed by atoms with van der Waals surface area (Å²) in [5, 5.41) is 0. The van der Waals surface area contributed by atoms with E-state index in [1.165, 1.54) is 69.1 Å². The molecule has 0 aromatic carbocycles. The Bertz CT molecular complexity index is 444. The maximum absolute atomic E-state index is 6.69. The van der Waals surface area contributed by atoms with E-state index >= 15 is 0 Å². The van der Waals surface area contributed by atoms with Crippen LogP contribution in [0.1, 0.15) is 113 Å². The molecule has 0 N–H and O–H groups in total. The van der Waals surface area contributed by atoms with Gasteiger partial charge in [0.1, 0.15) is 0 Å². The topological polar surface area (TPSA) is 36.9 Å². The molecule has 212 valence electrons. The number of unbranched alkanes of at least 4 members (excludes halogenated alkanes) is 4. The molecular weight excluding hydrogens is 786 g/mol. The predicted octanol–water partition coefficient (Wildman–Crippen LogP) is 9.87. The molecule has 0 heterocycles. The summed E-state index contributed by atoms with van der Waals surface area (Å²) in [7, 11) is 0. The molecule has 0 unspecified atom stereocenters. The van der Waals surface area contributed by atoms with Crippen molar-refractivity contribution in [2.75, 3.05) is 13.2 Å². The van der Waals surface area contributed by atoms with Crippen molar-refractivity contribution in [2.45, 2.75) is 155 Å². The Morgan fingerprint density at radius 2 is 0.771 bits per heavy atom. The van der Waals surface area contributed by atoms with E-state index in [-0.39, 0.29) is 24.4 Å². The average molecular weight is 844 g/mol.